The number of hydrogen-bond acceptors (Lipinski definition) is 4. The van der Waals surface area contributed by atoms with E-state index >= 15 is 0 Å². The molecule has 1 heterocycles. The Morgan fingerprint density at radius 2 is 2.30 bits per heavy atom. The standard InChI is InChI=1S/C15H23N3O2/c1-3-12-10-20-9-8-18(12)11(2)15(19)17-14-7-5-4-6-13(14)16/h4-7,11-12H,3,8-10,16H2,1-2H3,(H,17,19). The molecule has 2 atom stereocenters. The summed E-state index contributed by atoms with van der Waals surface area (Å²) in [6, 6.07) is 7.42. The largest absolute Gasteiger partial charge is 0.397 e. The fourth-order valence-electron chi connectivity index (χ4n) is 2.53. The van der Waals surface area contributed by atoms with Gasteiger partial charge in [-0.05, 0) is 25.5 Å². The molecule has 0 aliphatic carbocycles. The number of nitrogen functional groups attached to an aromatic ring is 1. The lowest BCUT2D eigenvalue weighted by Crippen LogP contribution is -2.53. The van der Waals surface area contributed by atoms with Crippen molar-refractivity contribution in [2.75, 3.05) is 30.8 Å². The molecule has 0 radical (unpaired) electrons. The summed E-state index contributed by atoms with van der Waals surface area (Å²) in [7, 11) is 0. The maximum absolute atomic E-state index is 12.4. The Bertz CT molecular complexity index is 464. The number of hydrogen-bond donors (Lipinski definition) is 2. The van der Waals surface area contributed by atoms with Gasteiger partial charge in [0.25, 0.3) is 0 Å². The third-order valence-corrected chi connectivity index (χ3v) is 3.84. The van der Waals surface area contributed by atoms with Gasteiger partial charge in [0, 0.05) is 12.6 Å². The maximum Gasteiger partial charge on any atom is 0.241 e. The number of anilines is 2. The van der Waals surface area contributed by atoms with E-state index in [4.69, 9.17) is 10.5 Å². The number of nitrogens with zero attached hydrogens (tertiary/aromatic N) is 1. The number of rotatable bonds is 4. The van der Waals surface area contributed by atoms with Gasteiger partial charge in [0.2, 0.25) is 5.91 Å². The van der Waals surface area contributed by atoms with Crippen molar-refractivity contribution in [1.29, 1.82) is 0 Å². The molecule has 0 bridgehead atoms. The highest BCUT2D eigenvalue weighted by molar-refractivity contribution is 5.97. The van der Waals surface area contributed by atoms with E-state index in [1.54, 1.807) is 6.07 Å². The van der Waals surface area contributed by atoms with Crippen LogP contribution in [0, 0.1) is 0 Å². The SMILES string of the molecule is CCC1COCCN1C(C)C(=O)Nc1ccccc1N. The lowest BCUT2D eigenvalue weighted by molar-refractivity contribution is -0.124. The predicted octanol–water partition coefficient (Wildman–Crippen LogP) is 1.71. The first-order chi connectivity index (χ1) is 9.63. The molecule has 3 N–H and O–H groups in total. The number of nitrogens with two attached hydrogens (primary N) is 1. The van der Waals surface area contributed by atoms with E-state index < -0.39 is 0 Å². The third kappa shape index (κ3) is 3.29. The van der Waals surface area contributed by atoms with Crippen LogP contribution in [0.15, 0.2) is 24.3 Å². The highest BCUT2D eigenvalue weighted by Crippen LogP contribution is 2.19. The van der Waals surface area contributed by atoms with E-state index in [1.165, 1.54) is 0 Å². The van der Waals surface area contributed by atoms with Crippen molar-refractivity contribution in [3.8, 4) is 0 Å². The average Bonchev–Trinajstić information content (AvgIpc) is 2.48. The van der Waals surface area contributed by atoms with Gasteiger partial charge in [-0.3, -0.25) is 9.69 Å². The number of ether oxygens (including phenoxy) is 1. The van der Waals surface area contributed by atoms with E-state index in [-0.39, 0.29) is 11.9 Å². The van der Waals surface area contributed by atoms with Gasteiger partial charge < -0.3 is 15.8 Å². The normalized spacial score (nSPS) is 21.4. The third-order valence-electron chi connectivity index (χ3n) is 3.84. The van der Waals surface area contributed by atoms with E-state index in [9.17, 15) is 4.79 Å². The molecule has 20 heavy (non-hydrogen) atoms. The van der Waals surface area contributed by atoms with Crippen LogP contribution in [-0.4, -0.2) is 42.6 Å². The average molecular weight is 277 g/mol. The second kappa shape index (κ2) is 6.72. The molecule has 1 aliphatic heterocycles. The van der Waals surface area contributed by atoms with Gasteiger partial charge in [-0.25, -0.2) is 0 Å². The molecule has 0 aromatic heterocycles. The summed E-state index contributed by atoms with van der Waals surface area (Å²) >= 11 is 0. The number of morpholine rings is 1. The fraction of sp³-hybridized carbons (Fsp3) is 0.533. The summed E-state index contributed by atoms with van der Waals surface area (Å²) in [5, 5.41) is 2.91. The van der Waals surface area contributed by atoms with Gasteiger partial charge in [-0.2, -0.15) is 0 Å². The Balaban J connectivity index is 2.03. The zero-order valence-corrected chi connectivity index (χ0v) is 12.1. The molecular formula is C15H23N3O2. The molecule has 1 amide bonds. The Kier molecular flexibility index (Phi) is 4.98. The first kappa shape index (κ1) is 14.8. The number of amides is 1. The Hall–Kier alpha value is -1.59. The second-order valence-corrected chi connectivity index (χ2v) is 5.13. The summed E-state index contributed by atoms with van der Waals surface area (Å²) in [5.41, 5.74) is 7.11. The highest BCUT2D eigenvalue weighted by atomic mass is 16.5. The number of carbonyl (C=O) groups is 1. The van der Waals surface area contributed by atoms with Crippen LogP contribution in [0.4, 0.5) is 11.4 Å². The molecule has 5 heteroatoms. The molecule has 0 spiro atoms. The minimum atomic E-state index is -0.191. The molecular weight excluding hydrogens is 254 g/mol. The Morgan fingerprint density at radius 1 is 1.55 bits per heavy atom. The molecule has 1 aromatic rings. The summed E-state index contributed by atoms with van der Waals surface area (Å²) in [6.07, 6.45) is 0.977. The van der Waals surface area contributed by atoms with E-state index in [0.717, 1.165) is 13.0 Å². The highest BCUT2D eigenvalue weighted by Gasteiger charge is 2.29. The molecule has 2 unspecified atom stereocenters. The lowest BCUT2D eigenvalue weighted by atomic mass is 10.1. The number of benzene rings is 1. The van der Waals surface area contributed by atoms with Crippen LogP contribution in [0.25, 0.3) is 0 Å². The van der Waals surface area contributed by atoms with Crippen molar-refractivity contribution >= 4 is 17.3 Å². The number of carbonyl (C=O) groups excluding carboxylic acids is 1. The maximum atomic E-state index is 12.4. The van der Waals surface area contributed by atoms with Crippen molar-refractivity contribution in [2.45, 2.75) is 32.4 Å². The molecule has 0 saturated carbocycles. The minimum Gasteiger partial charge on any atom is -0.397 e. The predicted molar refractivity (Wildman–Crippen MR) is 80.6 cm³/mol. The monoisotopic (exact) mass is 277 g/mol. The van der Waals surface area contributed by atoms with Crippen LogP contribution in [0.1, 0.15) is 20.3 Å². The smallest absolute Gasteiger partial charge is 0.241 e. The molecule has 2 rings (SSSR count). The van der Waals surface area contributed by atoms with Crippen molar-refractivity contribution in [2.24, 2.45) is 0 Å². The topological polar surface area (TPSA) is 67.6 Å². The summed E-state index contributed by atoms with van der Waals surface area (Å²) in [4.78, 5) is 14.6. The van der Waals surface area contributed by atoms with Crippen LogP contribution in [0.5, 0.6) is 0 Å². The van der Waals surface area contributed by atoms with Gasteiger partial charge in [0.15, 0.2) is 0 Å². The van der Waals surface area contributed by atoms with Crippen molar-refractivity contribution in [3.05, 3.63) is 24.3 Å². The molecule has 110 valence electrons. The van der Waals surface area contributed by atoms with E-state index in [1.807, 2.05) is 25.1 Å². The van der Waals surface area contributed by atoms with Gasteiger partial charge >= 0.3 is 0 Å². The summed E-state index contributed by atoms with van der Waals surface area (Å²) in [5.74, 6) is -0.0248. The Morgan fingerprint density at radius 3 is 3.00 bits per heavy atom. The first-order valence-electron chi connectivity index (χ1n) is 7.12. The Labute approximate surface area is 120 Å². The second-order valence-electron chi connectivity index (χ2n) is 5.13. The van der Waals surface area contributed by atoms with Crippen molar-refractivity contribution in [3.63, 3.8) is 0 Å². The zero-order chi connectivity index (χ0) is 14.5. The number of para-hydroxylation sites is 2. The molecule has 1 aromatic carbocycles. The van der Waals surface area contributed by atoms with Crippen LogP contribution in [-0.2, 0) is 9.53 Å². The van der Waals surface area contributed by atoms with Crippen LogP contribution < -0.4 is 11.1 Å². The van der Waals surface area contributed by atoms with Gasteiger partial charge in [0.1, 0.15) is 0 Å². The van der Waals surface area contributed by atoms with Gasteiger partial charge in [-0.15, -0.1) is 0 Å². The minimum absolute atomic E-state index is 0.0248. The van der Waals surface area contributed by atoms with Gasteiger partial charge in [0.05, 0.1) is 30.6 Å². The van der Waals surface area contributed by atoms with Crippen LogP contribution in [0.3, 0.4) is 0 Å². The lowest BCUT2D eigenvalue weighted by Gasteiger charge is -2.38. The van der Waals surface area contributed by atoms with E-state index in [2.05, 4.69) is 17.1 Å². The quantitative estimate of drug-likeness (QED) is 0.822. The summed E-state index contributed by atoms with van der Waals surface area (Å²) in [6.45, 7) is 6.22. The van der Waals surface area contributed by atoms with Crippen molar-refractivity contribution < 1.29 is 9.53 Å². The van der Waals surface area contributed by atoms with Gasteiger partial charge in [-0.1, -0.05) is 19.1 Å². The summed E-state index contributed by atoms with van der Waals surface area (Å²) < 4.78 is 5.48. The van der Waals surface area contributed by atoms with Crippen LogP contribution >= 0.6 is 0 Å². The molecule has 1 saturated heterocycles. The zero-order valence-electron chi connectivity index (χ0n) is 12.1. The molecule has 5 nitrogen and oxygen atoms in total. The fourth-order valence-corrected chi connectivity index (χ4v) is 2.53. The van der Waals surface area contributed by atoms with Crippen LogP contribution in [0.2, 0.25) is 0 Å². The van der Waals surface area contributed by atoms with Crippen molar-refractivity contribution in [1.82, 2.24) is 4.90 Å². The number of nitrogens with one attached hydrogen (secondary N) is 1. The molecule has 1 aliphatic rings. The first-order valence-corrected chi connectivity index (χ1v) is 7.12. The van der Waals surface area contributed by atoms with E-state index in [0.29, 0.717) is 30.6 Å². The molecule has 1 fully saturated rings.